The summed E-state index contributed by atoms with van der Waals surface area (Å²) in [6, 6.07) is 9.48. The van der Waals surface area contributed by atoms with Gasteiger partial charge in [0, 0.05) is 5.56 Å². The van der Waals surface area contributed by atoms with Crippen molar-refractivity contribution >= 4 is 0 Å². The molecule has 23 heavy (non-hydrogen) atoms. The Kier molecular flexibility index (Phi) is 5.64. The second kappa shape index (κ2) is 7.68. The van der Waals surface area contributed by atoms with E-state index in [0.717, 1.165) is 47.1 Å². The number of hydrogen-bond acceptors (Lipinski definition) is 2. The van der Waals surface area contributed by atoms with Crippen molar-refractivity contribution in [2.24, 2.45) is 0 Å². The van der Waals surface area contributed by atoms with Crippen LogP contribution in [0.1, 0.15) is 30.0 Å². The molecule has 0 bridgehead atoms. The maximum absolute atomic E-state index is 10.6. The highest BCUT2D eigenvalue weighted by Gasteiger charge is 2.12. The number of aromatic hydroxyl groups is 2. The van der Waals surface area contributed by atoms with E-state index in [0.29, 0.717) is 12.2 Å². The molecule has 0 heterocycles. The standard InChI is InChI=1S/C21H24O2/c1-4-7-15-12-18(9-6-3)21(23)19(13-15)16-10-11-20(22)17(14-16)8-5-2/h4-5,10-14,22-23H,1-2,6-9H2,3H3. The van der Waals surface area contributed by atoms with Crippen LogP contribution in [0, 0.1) is 0 Å². The lowest BCUT2D eigenvalue weighted by molar-refractivity contribution is 0.467. The van der Waals surface area contributed by atoms with Gasteiger partial charge in [-0.05, 0) is 59.7 Å². The summed E-state index contributed by atoms with van der Waals surface area (Å²) < 4.78 is 0. The molecule has 0 unspecified atom stereocenters. The van der Waals surface area contributed by atoms with Crippen LogP contribution in [0.15, 0.2) is 55.6 Å². The van der Waals surface area contributed by atoms with Crippen LogP contribution in [0.25, 0.3) is 11.1 Å². The number of phenolic OH excluding ortho intramolecular Hbond substituents is 2. The summed E-state index contributed by atoms with van der Waals surface area (Å²) >= 11 is 0. The molecule has 2 heteroatoms. The Morgan fingerprint density at radius 3 is 2.35 bits per heavy atom. The van der Waals surface area contributed by atoms with Gasteiger partial charge in [0.05, 0.1) is 0 Å². The summed E-state index contributed by atoms with van der Waals surface area (Å²) in [5.41, 5.74) is 4.61. The quantitative estimate of drug-likeness (QED) is 0.692. The minimum absolute atomic E-state index is 0.254. The Balaban J connectivity index is 2.58. The normalized spacial score (nSPS) is 10.5. The Morgan fingerprint density at radius 2 is 1.70 bits per heavy atom. The molecule has 120 valence electrons. The van der Waals surface area contributed by atoms with Crippen molar-refractivity contribution < 1.29 is 10.2 Å². The smallest absolute Gasteiger partial charge is 0.126 e. The van der Waals surface area contributed by atoms with Crippen molar-refractivity contribution in [1.29, 1.82) is 0 Å². The van der Waals surface area contributed by atoms with Crippen LogP contribution in [0.3, 0.4) is 0 Å². The highest BCUT2D eigenvalue weighted by atomic mass is 16.3. The molecule has 0 spiro atoms. The molecular formula is C21H24O2. The Hall–Kier alpha value is -2.48. The van der Waals surface area contributed by atoms with Crippen molar-refractivity contribution in [3.63, 3.8) is 0 Å². The lowest BCUT2D eigenvalue weighted by atomic mass is 9.93. The van der Waals surface area contributed by atoms with Gasteiger partial charge >= 0.3 is 0 Å². The van der Waals surface area contributed by atoms with Gasteiger partial charge in [-0.3, -0.25) is 0 Å². The molecule has 0 aliphatic rings. The van der Waals surface area contributed by atoms with Gasteiger partial charge in [0.2, 0.25) is 0 Å². The van der Waals surface area contributed by atoms with E-state index in [9.17, 15) is 10.2 Å². The van der Waals surface area contributed by atoms with Crippen LogP contribution >= 0.6 is 0 Å². The van der Waals surface area contributed by atoms with Crippen LogP contribution in [0.2, 0.25) is 0 Å². The molecule has 2 rings (SSSR count). The maximum Gasteiger partial charge on any atom is 0.126 e. The zero-order chi connectivity index (χ0) is 16.8. The topological polar surface area (TPSA) is 40.5 Å². The third kappa shape index (κ3) is 3.84. The molecule has 0 atom stereocenters. The van der Waals surface area contributed by atoms with Crippen LogP contribution in [-0.2, 0) is 19.3 Å². The summed E-state index contributed by atoms with van der Waals surface area (Å²) in [6.45, 7) is 9.62. The van der Waals surface area contributed by atoms with Gasteiger partial charge in [0.1, 0.15) is 11.5 Å². The third-order valence-corrected chi connectivity index (χ3v) is 3.90. The number of aryl methyl sites for hydroxylation is 1. The molecule has 0 fully saturated rings. The summed E-state index contributed by atoms with van der Waals surface area (Å²) in [6.07, 6.45) is 6.79. The fraction of sp³-hybridized carbons (Fsp3) is 0.238. The fourth-order valence-corrected chi connectivity index (χ4v) is 2.80. The average Bonchev–Trinajstić information content (AvgIpc) is 2.53. The average molecular weight is 308 g/mol. The molecule has 2 aromatic rings. The molecule has 0 aromatic heterocycles. The van der Waals surface area contributed by atoms with E-state index in [1.165, 1.54) is 0 Å². The first kappa shape index (κ1) is 16.9. The molecular weight excluding hydrogens is 284 g/mol. The predicted octanol–water partition coefficient (Wildman–Crippen LogP) is 5.17. The summed E-state index contributed by atoms with van der Waals surface area (Å²) in [5, 5.41) is 20.6. The first-order chi connectivity index (χ1) is 11.1. The molecule has 0 radical (unpaired) electrons. The molecule has 0 aliphatic heterocycles. The first-order valence-corrected chi connectivity index (χ1v) is 7.99. The lowest BCUT2D eigenvalue weighted by Gasteiger charge is -2.14. The van der Waals surface area contributed by atoms with Gasteiger partial charge in [-0.1, -0.05) is 37.6 Å². The van der Waals surface area contributed by atoms with Crippen molar-refractivity contribution in [1.82, 2.24) is 0 Å². The number of hydrogen-bond donors (Lipinski definition) is 2. The van der Waals surface area contributed by atoms with E-state index in [1.807, 2.05) is 24.3 Å². The zero-order valence-electron chi connectivity index (χ0n) is 13.7. The molecule has 0 amide bonds. The molecule has 0 aliphatic carbocycles. The van der Waals surface area contributed by atoms with E-state index < -0.39 is 0 Å². The van der Waals surface area contributed by atoms with Gasteiger partial charge < -0.3 is 10.2 Å². The maximum atomic E-state index is 10.6. The molecule has 0 saturated heterocycles. The minimum atomic E-state index is 0.254. The van der Waals surface area contributed by atoms with Gasteiger partial charge in [0.25, 0.3) is 0 Å². The van der Waals surface area contributed by atoms with Crippen LogP contribution in [0.4, 0.5) is 0 Å². The Labute approximate surface area is 138 Å². The number of phenols is 2. The van der Waals surface area contributed by atoms with Crippen molar-refractivity contribution in [3.05, 3.63) is 72.3 Å². The van der Waals surface area contributed by atoms with Gasteiger partial charge in [-0.25, -0.2) is 0 Å². The molecule has 0 saturated carbocycles. The number of rotatable bonds is 7. The molecule has 2 aromatic carbocycles. The largest absolute Gasteiger partial charge is 0.508 e. The predicted molar refractivity (Wildman–Crippen MR) is 97.0 cm³/mol. The van der Waals surface area contributed by atoms with E-state index in [2.05, 4.69) is 26.1 Å². The lowest BCUT2D eigenvalue weighted by Crippen LogP contribution is -1.93. The zero-order valence-corrected chi connectivity index (χ0v) is 13.7. The van der Waals surface area contributed by atoms with Gasteiger partial charge in [-0.2, -0.15) is 0 Å². The van der Waals surface area contributed by atoms with Gasteiger partial charge in [-0.15, -0.1) is 13.2 Å². The third-order valence-electron chi connectivity index (χ3n) is 3.90. The summed E-state index contributed by atoms with van der Waals surface area (Å²) in [5.74, 6) is 0.582. The minimum Gasteiger partial charge on any atom is -0.508 e. The Bertz CT molecular complexity index is 714. The SMILES string of the molecule is C=CCc1cc(CCC)c(O)c(-c2ccc(O)c(CC=C)c2)c1. The van der Waals surface area contributed by atoms with Crippen LogP contribution < -0.4 is 0 Å². The van der Waals surface area contributed by atoms with E-state index >= 15 is 0 Å². The number of allylic oxidation sites excluding steroid dienone is 2. The second-order valence-electron chi connectivity index (χ2n) is 5.73. The van der Waals surface area contributed by atoms with Crippen molar-refractivity contribution in [2.45, 2.75) is 32.6 Å². The summed E-state index contributed by atoms with van der Waals surface area (Å²) in [7, 11) is 0. The Morgan fingerprint density at radius 1 is 0.957 bits per heavy atom. The van der Waals surface area contributed by atoms with Crippen molar-refractivity contribution in [3.8, 4) is 22.6 Å². The monoisotopic (exact) mass is 308 g/mol. The van der Waals surface area contributed by atoms with Crippen molar-refractivity contribution in [2.75, 3.05) is 0 Å². The molecule has 2 nitrogen and oxygen atoms in total. The second-order valence-corrected chi connectivity index (χ2v) is 5.73. The number of benzene rings is 2. The van der Waals surface area contributed by atoms with E-state index in [-0.39, 0.29) is 5.75 Å². The molecule has 2 N–H and O–H groups in total. The highest BCUT2D eigenvalue weighted by molar-refractivity contribution is 5.74. The van der Waals surface area contributed by atoms with E-state index in [4.69, 9.17) is 0 Å². The van der Waals surface area contributed by atoms with Crippen LogP contribution in [0.5, 0.6) is 11.5 Å². The summed E-state index contributed by atoms with van der Waals surface area (Å²) in [4.78, 5) is 0. The fourth-order valence-electron chi connectivity index (χ4n) is 2.80. The first-order valence-electron chi connectivity index (χ1n) is 7.99. The van der Waals surface area contributed by atoms with Gasteiger partial charge in [0.15, 0.2) is 0 Å². The van der Waals surface area contributed by atoms with Crippen LogP contribution in [-0.4, -0.2) is 10.2 Å². The van der Waals surface area contributed by atoms with E-state index in [1.54, 1.807) is 12.1 Å². The highest BCUT2D eigenvalue weighted by Crippen LogP contribution is 2.36.